The summed E-state index contributed by atoms with van der Waals surface area (Å²) in [4.78, 5) is 14.5. The maximum Gasteiger partial charge on any atom is 0.253 e. The van der Waals surface area contributed by atoms with Crippen molar-refractivity contribution < 1.29 is 4.79 Å². The van der Waals surface area contributed by atoms with Gasteiger partial charge in [-0.3, -0.25) is 4.79 Å². The molecule has 0 radical (unpaired) electrons. The predicted octanol–water partition coefficient (Wildman–Crippen LogP) is 2.52. The van der Waals surface area contributed by atoms with Gasteiger partial charge < -0.3 is 10.2 Å². The lowest BCUT2D eigenvalue weighted by molar-refractivity contribution is 0.0720. The zero-order valence-electron chi connectivity index (χ0n) is 12.2. The number of rotatable bonds is 2. The van der Waals surface area contributed by atoms with Crippen molar-refractivity contribution in [2.75, 3.05) is 20.1 Å². The van der Waals surface area contributed by atoms with E-state index in [2.05, 4.69) is 11.4 Å². The fourth-order valence-electron chi connectivity index (χ4n) is 2.86. The van der Waals surface area contributed by atoms with Crippen LogP contribution in [-0.4, -0.2) is 37.0 Å². The van der Waals surface area contributed by atoms with Crippen molar-refractivity contribution in [1.82, 2.24) is 10.2 Å². The highest BCUT2D eigenvalue weighted by atomic mass is 16.2. The van der Waals surface area contributed by atoms with E-state index in [0.717, 1.165) is 49.0 Å². The normalized spacial score (nSPS) is 19.8. The van der Waals surface area contributed by atoms with E-state index in [1.165, 1.54) is 0 Å². The fourth-order valence-corrected chi connectivity index (χ4v) is 2.86. The van der Waals surface area contributed by atoms with Crippen LogP contribution in [0.15, 0.2) is 18.2 Å². The molecule has 1 N–H and O–H groups in total. The summed E-state index contributed by atoms with van der Waals surface area (Å²) in [5.41, 5.74) is 3.12. The van der Waals surface area contributed by atoms with Gasteiger partial charge in [0, 0.05) is 18.7 Å². The molecule has 1 saturated heterocycles. The Morgan fingerprint density at radius 2 is 1.84 bits per heavy atom. The summed E-state index contributed by atoms with van der Waals surface area (Å²) in [7, 11) is 1.94. The van der Waals surface area contributed by atoms with Gasteiger partial charge in [-0.2, -0.15) is 0 Å². The molecule has 2 rings (SSSR count). The predicted molar refractivity (Wildman–Crippen MR) is 78.5 cm³/mol. The number of nitrogens with zero attached hydrogens (tertiary/aromatic N) is 1. The lowest BCUT2D eigenvalue weighted by Gasteiger charge is -2.27. The molecule has 1 amide bonds. The van der Waals surface area contributed by atoms with Crippen molar-refractivity contribution in [2.45, 2.75) is 39.2 Å². The average molecular weight is 260 g/mol. The SMILES string of the molecule is Cc1cc(C)cc(C(=O)N(C)C2CCCNCC2)c1. The van der Waals surface area contributed by atoms with Gasteiger partial charge in [-0.1, -0.05) is 17.2 Å². The highest BCUT2D eigenvalue weighted by Crippen LogP contribution is 2.17. The van der Waals surface area contributed by atoms with E-state index in [0.29, 0.717) is 6.04 Å². The van der Waals surface area contributed by atoms with Gasteiger partial charge in [0.15, 0.2) is 0 Å². The van der Waals surface area contributed by atoms with Crippen LogP contribution in [0.1, 0.15) is 40.7 Å². The minimum Gasteiger partial charge on any atom is -0.339 e. The van der Waals surface area contributed by atoms with Crippen LogP contribution in [-0.2, 0) is 0 Å². The van der Waals surface area contributed by atoms with Gasteiger partial charge in [-0.15, -0.1) is 0 Å². The van der Waals surface area contributed by atoms with Crippen LogP contribution in [0.5, 0.6) is 0 Å². The van der Waals surface area contributed by atoms with Crippen LogP contribution in [0.25, 0.3) is 0 Å². The Hall–Kier alpha value is -1.35. The zero-order valence-corrected chi connectivity index (χ0v) is 12.2. The molecule has 1 heterocycles. The first-order valence-electron chi connectivity index (χ1n) is 7.14. The second-order valence-electron chi connectivity index (χ2n) is 5.63. The smallest absolute Gasteiger partial charge is 0.253 e. The quantitative estimate of drug-likeness (QED) is 0.886. The van der Waals surface area contributed by atoms with Crippen molar-refractivity contribution in [3.05, 3.63) is 34.9 Å². The third-order valence-corrected chi connectivity index (χ3v) is 3.88. The molecule has 1 atom stereocenters. The summed E-state index contributed by atoms with van der Waals surface area (Å²) >= 11 is 0. The highest BCUT2D eigenvalue weighted by Gasteiger charge is 2.22. The molecule has 1 unspecified atom stereocenters. The molecule has 0 spiro atoms. The Morgan fingerprint density at radius 1 is 1.16 bits per heavy atom. The zero-order chi connectivity index (χ0) is 13.8. The lowest BCUT2D eigenvalue weighted by atomic mass is 10.0. The molecule has 1 aromatic carbocycles. The molecule has 0 saturated carbocycles. The number of nitrogens with one attached hydrogen (secondary N) is 1. The number of benzene rings is 1. The summed E-state index contributed by atoms with van der Waals surface area (Å²) in [5.74, 6) is 0.152. The molecule has 1 fully saturated rings. The summed E-state index contributed by atoms with van der Waals surface area (Å²) in [6, 6.07) is 6.44. The molecule has 19 heavy (non-hydrogen) atoms. The topological polar surface area (TPSA) is 32.3 Å². The van der Waals surface area contributed by atoms with Gasteiger partial charge >= 0.3 is 0 Å². The first kappa shape index (κ1) is 14.1. The minimum absolute atomic E-state index is 0.152. The first-order chi connectivity index (χ1) is 9.08. The third kappa shape index (κ3) is 3.57. The Labute approximate surface area is 116 Å². The number of aryl methyl sites for hydroxylation is 2. The monoisotopic (exact) mass is 260 g/mol. The molecule has 3 heteroatoms. The van der Waals surface area contributed by atoms with Crippen LogP contribution in [0, 0.1) is 13.8 Å². The number of hydrogen-bond donors (Lipinski definition) is 1. The minimum atomic E-state index is 0.152. The van der Waals surface area contributed by atoms with Crippen molar-refractivity contribution in [1.29, 1.82) is 0 Å². The Balaban J connectivity index is 2.13. The fraction of sp³-hybridized carbons (Fsp3) is 0.562. The Kier molecular flexibility index (Phi) is 4.59. The van der Waals surface area contributed by atoms with Gasteiger partial charge in [0.25, 0.3) is 5.91 Å². The van der Waals surface area contributed by atoms with E-state index in [4.69, 9.17) is 0 Å². The molecule has 1 aromatic rings. The van der Waals surface area contributed by atoms with E-state index in [9.17, 15) is 4.79 Å². The van der Waals surface area contributed by atoms with Gasteiger partial charge in [-0.05, 0) is 58.3 Å². The summed E-state index contributed by atoms with van der Waals surface area (Å²) in [6.45, 7) is 6.16. The van der Waals surface area contributed by atoms with E-state index in [1.807, 2.05) is 37.9 Å². The lowest BCUT2D eigenvalue weighted by Crippen LogP contribution is -2.37. The standard InChI is InChI=1S/C16H24N2O/c1-12-9-13(2)11-14(10-12)16(19)18(3)15-5-4-7-17-8-6-15/h9-11,15,17H,4-8H2,1-3H3. The van der Waals surface area contributed by atoms with Crippen molar-refractivity contribution in [2.24, 2.45) is 0 Å². The van der Waals surface area contributed by atoms with E-state index in [-0.39, 0.29) is 5.91 Å². The molecular formula is C16H24N2O. The third-order valence-electron chi connectivity index (χ3n) is 3.88. The van der Waals surface area contributed by atoms with Crippen LogP contribution >= 0.6 is 0 Å². The van der Waals surface area contributed by atoms with E-state index < -0.39 is 0 Å². The summed E-state index contributed by atoms with van der Waals surface area (Å²) < 4.78 is 0. The Morgan fingerprint density at radius 3 is 2.53 bits per heavy atom. The van der Waals surface area contributed by atoms with Crippen LogP contribution in [0.4, 0.5) is 0 Å². The maximum atomic E-state index is 12.6. The molecule has 104 valence electrons. The van der Waals surface area contributed by atoms with Crippen molar-refractivity contribution in [3.63, 3.8) is 0 Å². The second-order valence-corrected chi connectivity index (χ2v) is 5.63. The molecular weight excluding hydrogens is 236 g/mol. The average Bonchev–Trinajstić information content (AvgIpc) is 2.64. The van der Waals surface area contributed by atoms with Gasteiger partial charge in [0.1, 0.15) is 0 Å². The molecule has 0 aromatic heterocycles. The molecule has 0 bridgehead atoms. The maximum absolute atomic E-state index is 12.6. The van der Waals surface area contributed by atoms with Gasteiger partial charge in [-0.25, -0.2) is 0 Å². The molecule has 0 aliphatic carbocycles. The van der Waals surface area contributed by atoms with Crippen molar-refractivity contribution >= 4 is 5.91 Å². The highest BCUT2D eigenvalue weighted by molar-refractivity contribution is 5.94. The van der Waals surface area contributed by atoms with E-state index >= 15 is 0 Å². The number of amides is 1. The molecule has 3 nitrogen and oxygen atoms in total. The van der Waals surface area contributed by atoms with Crippen LogP contribution < -0.4 is 5.32 Å². The molecule has 1 aliphatic rings. The second kappa shape index (κ2) is 6.20. The molecule has 1 aliphatic heterocycles. The number of hydrogen-bond acceptors (Lipinski definition) is 2. The largest absolute Gasteiger partial charge is 0.339 e. The first-order valence-corrected chi connectivity index (χ1v) is 7.14. The van der Waals surface area contributed by atoms with Crippen molar-refractivity contribution in [3.8, 4) is 0 Å². The summed E-state index contributed by atoms with van der Waals surface area (Å²) in [5, 5.41) is 3.39. The van der Waals surface area contributed by atoms with E-state index in [1.54, 1.807) is 0 Å². The summed E-state index contributed by atoms with van der Waals surface area (Å²) in [6.07, 6.45) is 3.29. The van der Waals surface area contributed by atoms with Crippen LogP contribution in [0.3, 0.4) is 0 Å². The Bertz CT molecular complexity index is 428. The number of carbonyl (C=O) groups is 1. The van der Waals surface area contributed by atoms with Crippen LogP contribution in [0.2, 0.25) is 0 Å². The van der Waals surface area contributed by atoms with Gasteiger partial charge in [0.05, 0.1) is 0 Å². The number of carbonyl (C=O) groups excluding carboxylic acids is 1. The van der Waals surface area contributed by atoms with Gasteiger partial charge in [0.2, 0.25) is 0 Å².